The highest BCUT2D eigenvalue weighted by atomic mass is 79.9. The highest BCUT2D eigenvalue weighted by Gasteiger charge is 2.38. The van der Waals surface area contributed by atoms with Crippen LogP contribution in [0.3, 0.4) is 0 Å². The molecule has 1 aliphatic rings. The molecule has 0 aromatic heterocycles. The van der Waals surface area contributed by atoms with Gasteiger partial charge in [-0.25, -0.2) is 0 Å². The molecule has 0 saturated heterocycles. The van der Waals surface area contributed by atoms with Crippen LogP contribution >= 0.6 is 15.9 Å². The quantitative estimate of drug-likeness (QED) is 0.863. The molecule has 1 fully saturated rings. The van der Waals surface area contributed by atoms with Gasteiger partial charge in [0, 0.05) is 16.1 Å². The van der Waals surface area contributed by atoms with E-state index in [1.807, 2.05) is 24.3 Å². The lowest BCUT2D eigenvalue weighted by Crippen LogP contribution is -2.14. The minimum Gasteiger partial charge on any atom is -0.326 e. The van der Waals surface area contributed by atoms with Crippen LogP contribution in [0, 0.1) is 11.8 Å². The van der Waals surface area contributed by atoms with Gasteiger partial charge in [0.15, 0.2) is 0 Å². The standard InChI is InChI=1S/C11H12BrNO/c1-7-6-10(7)11(14)13-9-4-2-8(12)3-5-9/h2-5,7,10H,6H2,1H3,(H,13,14). The zero-order valence-corrected chi connectivity index (χ0v) is 9.54. The molecule has 2 rings (SSSR count). The summed E-state index contributed by atoms with van der Waals surface area (Å²) in [5, 5.41) is 2.90. The number of carbonyl (C=O) groups is 1. The van der Waals surface area contributed by atoms with Crippen molar-refractivity contribution in [1.82, 2.24) is 0 Å². The first-order valence-electron chi connectivity index (χ1n) is 4.73. The van der Waals surface area contributed by atoms with Crippen molar-refractivity contribution >= 4 is 27.5 Å². The molecule has 1 aliphatic carbocycles. The third-order valence-electron chi connectivity index (χ3n) is 2.56. The summed E-state index contributed by atoms with van der Waals surface area (Å²) in [6, 6.07) is 7.64. The summed E-state index contributed by atoms with van der Waals surface area (Å²) >= 11 is 3.35. The molecule has 1 aromatic carbocycles. The van der Waals surface area contributed by atoms with E-state index < -0.39 is 0 Å². The Labute approximate surface area is 91.8 Å². The Morgan fingerprint density at radius 3 is 2.50 bits per heavy atom. The minimum atomic E-state index is 0.153. The van der Waals surface area contributed by atoms with Crippen LogP contribution in [0.5, 0.6) is 0 Å². The smallest absolute Gasteiger partial charge is 0.227 e. The Bertz CT molecular complexity index is 347. The van der Waals surface area contributed by atoms with Crippen LogP contribution in [-0.2, 0) is 4.79 Å². The highest BCUT2D eigenvalue weighted by Crippen LogP contribution is 2.38. The van der Waals surface area contributed by atoms with Gasteiger partial charge in [0.1, 0.15) is 0 Å². The summed E-state index contributed by atoms with van der Waals surface area (Å²) < 4.78 is 1.02. The number of anilines is 1. The molecular formula is C11H12BrNO. The van der Waals surface area contributed by atoms with Gasteiger partial charge in [-0.15, -0.1) is 0 Å². The predicted molar refractivity (Wildman–Crippen MR) is 60.0 cm³/mol. The molecule has 2 unspecified atom stereocenters. The molecular weight excluding hydrogens is 242 g/mol. The van der Waals surface area contributed by atoms with E-state index in [1.54, 1.807) is 0 Å². The van der Waals surface area contributed by atoms with Crippen molar-refractivity contribution in [2.45, 2.75) is 13.3 Å². The molecule has 1 aromatic rings. The third kappa shape index (κ3) is 2.15. The number of amides is 1. The minimum absolute atomic E-state index is 0.153. The van der Waals surface area contributed by atoms with Crippen molar-refractivity contribution in [3.63, 3.8) is 0 Å². The van der Waals surface area contributed by atoms with Crippen LogP contribution in [-0.4, -0.2) is 5.91 Å². The lowest BCUT2D eigenvalue weighted by atomic mass is 10.3. The normalized spacial score (nSPS) is 24.4. The van der Waals surface area contributed by atoms with E-state index >= 15 is 0 Å². The lowest BCUT2D eigenvalue weighted by Gasteiger charge is -2.03. The molecule has 1 amide bonds. The Morgan fingerprint density at radius 1 is 1.43 bits per heavy atom. The number of nitrogens with one attached hydrogen (secondary N) is 1. The molecule has 74 valence electrons. The molecule has 0 spiro atoms. The van der Waals surface area contributed by atoms with Gasteiger partial charge in [-0.05, 0) is 36.6 Å². The average Bonchev–Trinajstić information content (AvgIpc) is 2.87. The maximum absolute atomic E-state index is 11.5. The molecule has 0 radical (unpaired) electrons. The van der Waals surface area contributed by atoms with Crippen molar-refractivity contribution in [2.24, 2.45) is 11.8 Å². The SMILES string of the molecule is CC1CC1C(=O)Nc1ccc(Br)cc1. The summed E-state index contributed by atoms with van der Waals surface area (Å²) in [7, 11) is 0. The topological polar surface area (TPSA) is 29.1 Å². The van der Waals surface area contributed by atoms with E-state index in [0.717, 1.165) is 16.6 Å². The maximum Gasteiger partial charge on any atom is 0.227 e. The van der Waals surface area contributed by atoms with E-state index in [0.29, 0.717) is 5.92 Å². The molecule has 3 heteroatoms. The molecule has 0 heterocycles. The summed E-state index contributed by atoms with van der Waals surface area (Å²) in [5.74, 6) is 0.948. The summed E-state index contributed by atoms with van der Waals surface area (Å²) in [5.41, 5.74) is 0.873. The Kier molecular flexibility index (Phi) is 2.59. The molecule has 1 N–H and O–H groups in total. The second-order valence-corrected chi connectivity index (χ2v) is 4.73. The number of hydrogen-bond acceptors (Lipinski definition) is 1. The van der Waals surface area contributed by atoms with E-state index in [1.165, 1.54) is 0 Å². The molecule has 0 aliphatic heterocycles. The van der Waals surface area contributed by atoms with Crippen LogP contribution < -0.4 is 5.32 Å². The van der Waals surface area contributed by atoms with Crippen LogP contribution in [0.1, 0.15) is 13.3 Å². The first-order valence-corrected chi connectivity index (χ1v) is 5.52. The van der Waals surface area contributed by atoms with Gasteiger partial charge in [0.05, 0.1) is 0 Å². The van der Waals surface area contributed by atoms with Crippen molar-refractivity contribution in [3.8, 4) is 0 Å². The number of halogens is 1. The van der Waals surface area contributed by atoms with Crippen LogP contribution in [0.4, 0.5) is 5.69 Å². The molecule has 2 nitrogen and oxygen atoms in total. The summed E-state index contributed by atoms with van der Waals surface area (Å²) in [6.45, 7) is 2.10. The summed E-state index contributed by atoms with van der Waals surface area (Å²) in [6.07, 6.45) is 1.03. The van der Waals surface area contributed by atoms with Gasteiger partial charge in [-0.3, -0.25) is 4.79 Å². The average molecular weight is 254 g/mol. The van der Waals surface area contributed by atoms with Gasteiger partial charge in [0.25, 0.3) is 0 Å². The fourth-order valence-corrected chi connectivity index (χ4v) is 1.72. The zero-order valence-electron chi connectivity index (χ0n) is 7.96. The third-order valence-corrected chi connectivity index (χ3v) is 3.09. The largest absolute Gasteiger partial charge is 0.326 e. The van der Waals surface area contributed by atoms with Crippen molar-refractivity contribution in [1.29, 1.82) is 0 Å². The van der Waals surface area contributed by atoms with Crippen LogP contribution in [0.15, 0.2) is 28.7 Å². The molecule has 1 saturated carbocycles. The number of carbonyl (C=O) groups excluding carboxylic acids is 1. The van der Waals surface area contributed by atoms with Crippen molar-refractivity contribution in [3.05, 3.63) is 28.7 Å². The zero-order chi connectivity index (χ0) is 10.1. The van der Waals surface area contributed by atoms with Crippen LogP contribution in [0.25, 0.3) is 0 Å². The van der Waals surface area contributed by atoms with Gasteiger partial charge in [0.2, 0.25) is 5.91 Å². The van der Waals surface area contributed by atoms with Crippen molar-refractivity contribution in [2.75, 3.05) is 5.32 Å². The second-order valence-electron chi connectivity index (χ2n) is 3.82. The number of benzene rings is 1. The Morgan fingerprint density at radius 2 is 2.00 bits per heavy atom. The fourth-order valence-electron chi connectivity index (χ4n) is 1.46. The molecule has 2 atom stereocenters. The van der Waals surface area contributed by atoms with Gasteiger partial charge >= 0.3 is 0 Å². The van der Waals surface area contributed by atoms with E-state index in [9.17, 15) is 4.79 Å². The van der Waals surface area contributed by atoms with Crippen LogP contribution in [0.2, 0.25) is 0 Å². The first-order chi connectivity index (χ1) is 6.66. The van der Waals surface area contributed by atoms with Gasteiger partial charge < -0.3 is 5.32 Å². The maximum atomic E-state index is 11.5. The highest BCUT2D eigenvalue weighted by molar-refractivity contribution is 9.10. The fraction of sp³-hybridized carbons (Fsp3) is 0.364. The van der Waals surface area contributed by atoms with E-state index in [-0.39, 0.29) is 11.8 Å². The Hall–Kier alpha value is -0.830. The molecule has 14 heavy (non-hydrogen) atoms. The van der Waals surface area contributed by atoms with Gasteiger partial charge in [-0.1, -0.05) is 22.9 Å². The first kappa shape index (κ1) is 9.71. The van der Waals surface area contributed by atoms with Crippen molar-refractivity contribution < 1.29 is 4.79 Å². The Balaban J connectivity index is 1.97. The number of hydrogen-bond donors (Lipinski definition) is 1. The molecule has 0 bridgehead atoms. The van der Waals surface area contributed by atoms with E-state index in [2.05, 4.69) is 28.2 Å². The van der Waals surface area contributed by atoms with E-state index in [4.69, 9.17) is 0 Å². The predicted octanol–water partition coefficient (Wildman–Crippen LogP) is 3.04. The van der Waals surface area contributed by atoms with Gasteiger partial charge in [-0.2, -0.15) is 0 Å². The lowest BCUT2D eigenvalue weighted by molar-refractivity contribution is -0.117. The monoisotopic (exact) mass is 253 g/mol. The summed E-state index contributed by atoms with van der Waals surface area (Å²) in [4.78, 5) is 11.5. The number of rotatable bonds is 2. The second kappa shape index (κ2) is 3.73.